The van der Waals surface area contributed by atoms with Crippen LogP contribution < -0.4 is 19.6 Å². The van der Waals surface area contributed by atoms with Crippen LogP contribution in [0.2, 0.25) is 0 Å². The molecular weight excluding hydrogens is 469 g/mol. The minimum atomic E-state index is -0.556. The van der Waals surface area contributed by atoms with E-state index in [-0.39, 0.29) is 18.0 Å². The fraction of sp³-hybridized carbons (Fsp3) is 0.176. The first-order valence-electron chi connectivity index (χ1n) is 7.55. The van der Waals surface area contributed by atoms with Crippen molar-refractivity contribution in [1.29, 1.82) is 0 Å². The number of nitro groups is 1. The number of methoxy groups -OCH3 is 2. The lowest BCUT2D eigenvalue weighted by Crippen LogP contribution is -2.24. The zero-order valence-electron chi connectivity index (χ0n) is 14.5. The second-order valence-electron chi connectivity index (χ2n) is 5.07. The van der Waals surface area contributed by atoms with Crippen molar-refractivity contribution in [3.8, 4) is 17.2 Å². The predicted octanol–water partition coefficient (Wildman–Crippen LogP) is 2.75. The molecule has 1 N–H and O–H groups in total. The fourth-order valence-corrected chi connectivity index (χ4v) is 2.65. The van der Waals surface area contributed by atoms with E-state index >= 15 is 0 Å². The van der Waals surface area contributed by atoms with Gasteiger partial charge in [-0.05, 0) is 52.9 Å². The normalized spacial score (nSPS) is 10.5. The molecule has 27 heavy (non-hydrogen) atoms. The van der Waals surface area contributed by atoms with Crippen molar-refractivity contribution in [3.05, 3.63) is 55.6 Å². The second kappa shape index (κ2) is 9.71. The number of ether oxygens (including phenoxy) is 3. The summed E-state index contributed by atoms with van der Waals surface area (Å²) in [5, 5.41) is 14.8. The smallest absolute Gasteiger partial charge is 0.311 e. The van der Waals surface area contributed by atoms with Crippen LogP contribution in [0.5, 0.6) is 17.2 Å². The maximum atomic E-state index is 11.8. The van der Waals surface area contributed by atoms with Crippen molar-refractivity contribution in [2.75, 3.05) is 20.8 Å². The molecule has 1 amide bonds. The van der Waals surface area contributed by atoms with Crippen molar-refractivity contribution >= 4 is 40.4 Å². The Hall–Kier alpha value is -2.89. The number of nitrogens with one attached hydrogen (secondary N) is 1. The molecule has 0 aliphatic rings. The average Bonchev–Trinajstić information content (AvgIpc) is 2.66. The summed E-state index contributed by atoms with van der Waals surface area (Å²) in [4.78, 5) is 22.2. The number of rotatable bonds is 8. The van der Waals surface area contributed by atoms with Crippen molar-refractivity contribution in [2.45, 2.75) is 0 Å². The summed E-state index contributed by atoms with van der Waals surface area (Å²) < 4.78 is 16.2. The number of amides is 1. The van der Waals surface area contributed by atoms with Gasteiger partial charge in [0.25, 0.3) is 5.91 Å². The third kappa shape index (κ3) is 5.81. The first-order chi connectivity index (χ1) is 12.9. The Bertz CT molecular complexity index is 872. The molecule has 0 aromatic heterocycles. The van der Waals surface area contributed by atoms with Gasteiger partial charge in [-0.2, -0.15) is 5.10 Å². The Kier molecular flexibility index (Phi) is 7.34. The van der Waals surface area contributed by atoms with Gasteiger partial charge < -0.3 is 14.2 Å². The Morgan fingerprint density at radius 3 is 2.59 bits per heavy atom. The van der Waals surface area contributed by atoms with Crippen molar-refractivity contribution in [3.63, 3.8) is 0 Å². The number of hydrogen-bond acceptors (Lipinski definition) is 7. The highest BCUT2D eigenvalue weighted by molar-refractivity contribution is 14.1. The largest absolute Gasteiger partial charge is 0.497 e. The number of hydrazone groups is 1. The number of halogens is 1. The second-order valence-corrected chi connectivity index (χ2v) is 6.23. The molecule has 0 fully saturated rings. The average molecular weight is 485 g/mol. The van der Waals surface area contributed by atoms with E-state index in [1.165, 1.54) is 25.5 Å². The highest BCUT2D eigenvalue weighted by atomic mass is 127. The number of hydrogen-bond donors (Lipinski definition) is 1. The monoisotopic (exact) mass is 485 g/mol. The van der Waals surface area contributed by atoms with Gasteiger partial charge in [-0.15, -0.1) is 0 Å². The van der Waals surface area contributed by atoms with E-state index in [0.29, 0.717) is 17.1 Å². The molecule has 0 saturated heterocycles. The Labute approximate surface area is 168 Å². The van der Waals surface area contributed by atoms with E-state index < -0.39 is 10.8 Å². The number of nitrogens with zero attached hydrogens (tertiary/aromatic N) is 2. The molecule has 0 aliphatic carbocycles. The zero-order chi connectivity index (χ0) is 19.8. The van der Waals surface area contributed by atoms with Crippen molar-refractivity contribution in [1.82, 2.24) is 5.43 Å². The molecule has 2 aromatic rings. The van der Waals surface area contributed by atoms with Gasteiger partial charge >= 0.3 is 5.69 Å². The lowest BCUT2D eigenvalue weighted by Gasteiger charge is -2.08. The molecule has 0 aliphatic heterocycles. The lowest BCUT2D eigenvalue weighted by atomic mass is 10.2. The van der Waals surface area contributed by atoms with Gasteiger partial charge in [-0.1, -0.05) is 0 Å². The van der Waals surface area contributed by atoms with Crippen LogP contribution in [0.4, 0.5) is 5.69 Å². The molecule has 0 heterocycles. The van der Waals surface area contributed by atoms with Gasteiger partial charge in [0.2, 0.25) is 0 Å². The number of nitro benzene ring substituents is 1. The third-order valence-corrected chi connectivity index (χ3v) is 4.14. The SMILES string of the molecule is COc1ccc(OCC(=O)N/N=C/c2ccc(OC)c([N+](=O)[O-])c2)c(I)c1. The zero-order valence-corrected chi connectivity index (χ0v) is 16.6. The van der Waals surface area contributed by atoms with E-state index in [1.807, 2.05) is 0 Å². The van der Waals surface area contributed by atoms with Crippen LogP contribution in [0.15, 0.2) is 41.5 Å². The maximum Gasteiger partial charge on any atom is 0.311 e. The topological polar surface area (TPSA) is 112 Å². The summed E-state index contributed by atoms with van der Waals surface area (Å²) in [7, 11) is 2.91. The molecule has 2 rings (SSSR count). The molecule has 0 spiro atoms. The molecule has 0 radical (unpaired) electrons. The lowest BCUT2D eigenvalue weighted by molar-refractivity contribution is -0.385. The highest BCUT2D eigenvalue weighted by Crippen LogP contribution is 2.27. The molecule has 9 nitrogen and oxygen atoms in total. The standard InChI is InChI=1S/C17H16IN3O6/c1-25-12-4-6-15(13(18)8-12)27-10-17(22)20-19-9-11-3-5-16(26-2)14(7-11)21(23)24/h3-9H,10H2,1-2H3,(H,20,22)/b19-9+. The van der Waals surface area contributed by atoms with E-state index in [4.69, 9.17) is 14.2 Å². The van der Waals surface area contributed by atoms with Crippen LogP contribution in [-0.2, 0) is 4.79 Å². The molecule has 10 heteroatoms. The summed E-state index contributed by atoms with van der Waals surface area (Å²) in [5.74, 6) is 0.903. The Morgan fingerprint density at radius 1 is 1.22 bits per heavy atom. The number of benzene rings is 2. The molecule has 0 atom stereocenters. The van der Waals surface area contributed by atoms with Gasteiger partial charge in [0.05, 0.1) is 28.9 Å². The quantitative estimate of drug-likeness (QED) is 0.267. The van der Waals surface area contributed by atoms with Gasteiger partial charge in [0.15, 0.2) is 12.4 Å². The van der Waals surface area contributed by atoms with Crippen LogP contribution in [0.3, 0.4) is 0 Å². The van der Waals surface area contributed by atoms with E-state index in [0.717, 1.165) is 3.57 Å². The Balaban J connectivity index is 1.92. The van der Waals surface area contributed by atoms with E-state index in [1.54, 1.807) is 31.4 Å². The van der Waals surface area contributed by atoms with E-state index in [2.05, 4.69) is 33.1 Å². The number of carbonyl (C=O) groups excluding carboxylic acids is 1. The fourth-order valence-electron chi connectivity index (χ4n) is 2.01. The predicted molar refractivity (Wildman–Crippen MR) is 107 cm³/mol. The summed E-state index contributed by atoms with van der Waals surface area (Å²) in [6.45, 7) is -0.234. The minimum absolute atomic E-state index is 0.142. The minimum Gasteiger partial charge on any atom is -0.497 e. The van der Waals surface area contributed by atoms with Gasteiger partial charge in [-0.3, -0.25) is 14.9 Å². The van der Waals surface area contributed by atoms with Crippen molar-refractivity contribution < 1.29 is 23.9 Å². The highest BCUT2D eigenvalue weighted by Gasteiger charge is 2.14. The van der Waals surface area contributed by atoms with Crippen LogP contribution >= 0.6 is 22.6 Å². The summed E-state index contributed by atoms with van der Waals surface area (Å²) >= 11 is 2.07. The molecule has 2 aromatic carbocycles. The van der Waals surface area contributed by atoms with Gasteiger partial charge in [0.1, 0.15) is 11.5 Å². The van der Waals surface area contributed by atoms with Crippen LogP contribution in [-0.4, -0.2) is 37.9 Å². The van der Waals surface area contributed by atoms with Crippen molar-refractivity contribution in [2.24, 2.45) is 5.10 Å². The molecule has 0 saturated carbocycles. The summed E-state index contributed by atoms with van der Waals surface area (Å²) in [5.41, 5.74) is 2.55. The molecular formula is C17H16IN3O6. The molecule has 0 bridgehead atoms. The maximum absolute atomic E-state index is 11.8. The van der Waals surface area contributed by atoms with Gasteiger partial charge in [0, 0.05) is 11.6 Å². The molecule has 0 unspecified atom stereocenters. The van der Waals surface area contributed by atoms with E-state index in [9.17, 15) is 14.9 Å². The third-order valence-electron chi connectivity index (χ3n) is 3.30. The van der Waals surface area contributed by atoms with Gasteiger partial charge in [-0.25, -0.2) is 5.43 Å². The first-order valence-corrected chi connectivity index (χ1v) is 8.63. The first kappa shape index (κ1) is 20.4. The molecule has 142 valence electrons. The number of carbonyl (C=O) groups is 1. The van der Waals surface area contributed by atoms with Crippen LogP contribution in [0.1, 0.15) is 5.56 Å². The van der Waals surface area contributed by atoms with Crippen LogP contribution in [0, 0.1) is 13.7 Å². The summed E-state index contributed by atoms with van der Waals surface area (Å²) in [6.07, 6.45) is 1.29. The summed E-state index contributed by atoms with van der Waals surface area (Å²) in [6, 6.07) is 9.54. The Morgan fingerprint density at radius 2 is 1.96 bits per heavy atom. The van der Waals surface area contributed by atoms with Crippen LogP contribution in [0.25, 0.3) is 0 Å².